The Hall–Kier alpha value is -3.00. The lowest BCUT2D eigenvalue weighted by Crippen LogP contribution is -2.22. The monoisotopic (exact) mass is 265 g/mol. The number of benzene rings is 2. The van der Waals surface area contributed by atoms with Crippen molar-refractivity contribution in [2.24, 2.45) is 9.98 Å². The number of hydrogen-bond donors (Lipinski definition) is 1. The highest BCUT2D eigenvalue weighted by Gasteiger charge is 2.34. The van der Waals surface area contributed by atoms with E-state index in [2.05, 4.69) is 9.98 Å². The van der Waals surface area contributed by atoms with Gasteiger partial charge in [0.05, 0.1) is 0 Å². The lowest BCUT2D eigenvalue weighted by molar-refractivity contribution is 0.516. The summed E-state index contributed by atoms with van der Waals surface area (Å²) < 4.78 is 0. The van der Waals surface area contributed by atoms with E-state index < -0.39 is 5.66 Å². The molecule has 0 aliphatic rings. The molecular formula is C15H11N3O2. The van der Waals surface area contributed by atoms with Crippen molar-refractivity contribution in [2.45, 2.75) is 5.66 Å². The Morgan fingerprint density at radius 3 is 1.80 bits per heavy atom. The average molecular weight is 265 g/mol. The Morgan fingerprint density at radius 1 is 0.800 bits per heavy atom. The van der Waals surface area contributed by atoms with Crippen LogP contribution in [0.2, 0.25) is 0 Å². The zero-order valence-electron chi connectivity index (χ0n) is 10.5. The Labute approximate surface area is 115 Å². The van der Waals surface area contributed by atoms with Gasteiger partial charge in [0.2, 0.25) is 17.8 Å². The molecule has 98 valence electrons. The molecule has 0 fully saturated rings. The Morgan fingerprint density at radius 2 is 1.30 bits per heavy atom. The molecule has 2 aromatic carbocycles. The maximum Gasteiger partial charge on any atom is 0.238 e. The number of nitrogen functional groups attached to an aromatic ring is 1. The molecule has 0 unspecified atom stereocenters. The number of rotatable bonds is 4. The molecule has 2 N–H and O–H groups in total. The van der Waals surface area contributed by atoms with Crippen molar-refractivity contribution in [1.29, 1.82) is 0 Å². The number of nitrogens with zero attached hydrogens (tertiary/aromatic N) is 2. The smallest absolute Gasteiger partial charge is 0.238 e. The van der Waals surface area contributed by atoms with Gasteiger partial charge in [-0.15, -0.1) is 0 Å². The predicted octanol–water partition coefficient (Wildman–Crippen LogP) is 2.14. The van der Waals surface area contributed by atoms with E-state index in [1.807, 2.05) is 6.07 Å². The maximum atomic E-state index is 10.8. The molecule has 0 spiro atoms. The van der Waals surface area contributed by atoms with Crippen LogP contribution < -0.4 is 5.73 Å². The van der Waals surface area contributed by atoms with Gasteiger partial charge in [-0.25, -0.2) is 9.59 Å². The van der Waals surface area contributed by atoms with Gasteiger partial charge in [-0.05, 0) is 12.1 Å². The lowest BCUT2D eigenvalue weighted by Gasteiger charge is -2.23. The van der Waals surface area contributed by atoms with Crippen LogP contribution in [0.3, 0.4) is 0 Å². The van der Waals surface area contributed by atoms with E-state index in [1.54, 1.807) is 48.5 Å². The topological polar surface area (TPSA) is 84.9 Å². The molecule has 0 saturated carbocycles. The second-order valence-corrected chi connectivity index (χ2v) is 4.07. The fraction of sp³-hybridized carbons (Fsp3) is 0.0667. The molecule has 5 nitrogen and oxygen atoms in total. The molecule has 0 heterocycles. The number of carbonyl (C=O) groups excluding carboxylic acids is 2. The zero-order chi connectivity index (χ0) is 14.4. The average Bonchev–Trinajstić information content (AvgIpc) is 2.48. The van der Waals surface area contributed by atoms with Crippen LogP contribution in [0.1, 0.15) is 11.1 Å². The van der Waals surface area contributed by atoms with Crippen LogP contribution in [-0.2, 0) is 15.3 Å². The largest absolute Gasteiger partial charge is 0.399 e. The summed E-state index contributed by atoms with van der Waals surface area (Å²) >= 11 is 0. The van der Waals surface area contributed by atoms with Gasteiger partial charge in [0.1, 0.15) is 0 Å². The number of nitrogens with two attached hydrogens (primary N) is 1. The second-order valence-electron chi connectivity index (χ2n) is 4.07. The molecule has 0 amide bonds. The van der Waals surface area contributed by atoms with Crippen LogP contribution in [0.5, 0.6) is 0 Å². The van der Waals surface area contributed by atoms with Crippen LogP contribution in [0, 0.1) is 0 Å². The van der Waals surface area contributed by atoms with E-state index in [4.69, 9.17) is 5.73 Å². The van der Waals surface area contributed by atoms with E-state index in [0.29, 0.717) is 16.8 Å². The molecule has 0 aliphatic heterocycles. The van der Waals surface area contributed by atoms with Gasteiger partial charge in [0.25, 0.3) is 0 Å². The SMILES string of the molecule is Nc1ccc(C(N=C=O)(N=C=O)c2ccccc2)cc1. The molecule has 20 heavy (non-hydrogen) atoms. The highest BCUT2D eigenvalue weighted by Crippen LogP contribution is 2.35. The molecular weight excluding hydrogens is 254 g/mol. The number of isocyanates is 2. The first-order valence-corrected chi connectivity index (χ1v) is 5.82. The Balaban J connectivity index is 2.74. The minimum absolute atomic E-state index is 0.532. The molecule has 0 saturated heterocycles. The number of hydrogen-bond acceptors (Lipinski definition) is 5. The third kappa shape index (κ3) is 2.40. The van der Waals surface area contributed by atoms with Gasteiger partial charge in [0.15, 0.2) is 0 Å². The summed E-state index contributed by atoms with van der Waals surface area (Å²) in [4.78, 5) is 29.1. The predicted molar refractivity (Wildman–Crippen MR) is 74.3 cm³/mol. The van der Waals surface area contributed by atoms with Crippen LogP contribution in [-0.4, -0.2) is 12.2 Å². The van der Waals surface area contributed by atoms with E-state index >= 15 is 0 Å². The molecule has 0 bridgehead atoms. The maximum absolute atomic E-state index is 10.8. The Kier molecular flexibility index (Phi) is 3.87. The minimum atomic E-state index is -1.47. The van der Waals surface area contributed by atoms with E-state index in [9.17, 15) is 9.59 Å². The minimum Gasteiger partial charge on any atom is -0.399 e. The first-order valence-electron chi connectivity index (χ1n) is 5.82. The third-order valence-corrected chi connectivity index (χ3v) is 2.90. The molecule has 2 aromatic rings. The van der Waals surface area contributed by atoms with Gasteiger partial charge < -0.3 is 5.73 Å². The number of aliphatic imine (C=N–C) groups is 2. The summed E-state index contributed by atoms with van der Waals surface area (Å²) in [6.45, 7) is 0. The van der Waals surface area contributed by atoms with Crippen molar-refractivity contribution in [3.63, 3.8) is 0 Å². The first-order chi connectivity index (χ1) is 9.73. The molecule has 0 atom stereocenters. The first kappa shape index (κ1) is 13.4. The molecule has 2 rings (SSSR count). The summed E-state index contributed by atoms with van der Waals surface area (Å²) in [5, 5.41) is 0. The van der Waals surface area contributed by atoms with Crippen LogP contribution in [0.25, 0.3) is 0 Å². The van der Waals surface area contributed by atoms with Crippen LogP contribution in [0.15, 0.2) is 64.6 Å². The van der Waals surface area contributed by atoms with Crippen LogP contribution in [0.4, 0.5) is 5.69 Å². The lowest BCUT2D eigenvalue weighted by atomic mass is 9.92. The second kappa shape index (κ2) is 5.76. The normalized spacial score (nSPS) is 12.6. The van der Waals surface area contributed by atoms with E-state index in [0.717, 1.165) is 0 Å². The molecule has 0 aliphatic carbocycles. The van der Waals surface area contributed by atoms with Crippen molar-refractivity contribution in [3.8, 4) is 0 Å². The summed E-state index contributed by atoms with van der Waals surface area (Å²) in [6.07, 6.45) is 2.95. The third-order valence-electron chi connectivity index (χ3n) is 2.90. The van der Waals surface area contributed by atoms with Gasteiger partial charge in [-0.1, -0.05) is 42.5 Å². The van der Waals surface area contributed by atoms with Gasteiger partial charge >= 0.3 is 0 Å². The van der Waals surface area contributed by atoms with Crippen molar-refractivity contribution in [3.05, 3.63) is 65.7 Å². The van der Waals surface area contributed by atoms with E-state index in [-0.39, 0.29) is 0 Å². The molecule has 5 heteroatoms. The fourth-order valence-corrected chi connectivity index (χ4v) is 1.97. The van der Waals surface area contributed by atoms with Crippen LogP contribution >= 0.6 is 0 Å². The molecule has 0 aromatic heterocycles. The quantitative estimate of drug-likeness (QED) is 0.522. The van der Waals surface area contributed by atoms with Gasteiger partial charge in [-0.2, -0.15) is 9.98 Å². The number of anilines is 1. The molecule has 0 radical (unpaired) electrons. The van der Waals surface area contributed by atoms with Crippen molar-refractivity contribution in [2.75, 3.05) is 5.73 Å². The Bertz CT molecular complexity index is 665. The van der Waals surface area contributed by atoms with Gasteiger partial charge in [-0.3, -0.25) is 0 Å². The summed E-state index contributed by atoms with van der Waals surface area (Å²) in [5.41, 5.74) is 5.82. The van der Waals surface area contributed by atoms with Crippen molar-refractivity contribution >= 4 is 17.8 Å². The zero-order valence-corrected chi connectivity index (χ0v) is 10.5. The van der Waals surface area contributed by atoms with Crippen molar-refractivity contribution < 1.29 is 9.59 Å². The highest BCUT2D eigenvalue weighted by atomic mass is 16.1. The highest BCUT2D eigenvalue weighted by molar-refractivity contribution is 5.51. The fourth-order valence-electron chi connectivity index (χ4n) is 1.97. The van der Waals surface area contributed by atoms with E-state index in [1.165, 1.54) is 12.2 Å². The standard InChI is InChI=1S/C15H11N3O2/c16-14-8-6-13(7-9-14)15(17-10-19,18-11-20)12-4-2-1-3-5-12/h1-9H,16H2. The summed E-state index contributed by atoms with van der Waals surface area (Å²) in [7, 11) is 0. The van der Waals surface area contributed by atoms with Crippen molar-refractivity contribution in [1.82, 2.24) is 0 Å². The summed E-state index contributed by atoms with van der Waals surface area (Å²) in [6, 6.07) is 15.4. The summed E-state index contributed by atoms with van der Waals surface area (Å²) in [5.74, 6) is 0. The van der Waals surface area contributed by atoms with Gasteiger partial charge in [0, 0.05) is 16.8 Å².